The van der Waals surface area contributed by atoms with Crippen LogP contribution in [0, 0.1) is 6.92 Å². The van der Waals surface area contributed by atoms with Crippen LogP contribution in [0.2, 0.25) is 0 Å². The lowest BCUT2D eigenvalue weighted by Crippen LogP contribution is -2.20. The lowest BCUT2D eigenvalue weighted by molar-refractivity contribution is -0.136. The SMILES string of the molecule is Cc1c2c(c(CC(=O)O)c3c1OCCC3)OCCC2. The van der Waals surface area contributed by atoms with Crippen molar-refractivity contribution in [1.82, 2.24) is 0 Å². The van der Waals surface area contributed by atoms with Crippen molar-refractivity contribution in [1.29, 1.82) is 0 Å². The Morgan fingerprint density at radius 1 is 1.11 bits per heavy atom. The quantitative estimate of drug-likeness (QED) is 0.888. The molecule has 2 heterocycles. The zero-order chi connectivity index (χ0) is 13.4. The van der Waals surface area contributed by atoms with E-state index in [4.69, 9.17) is 14.6 Å². The summed E-state index contributed by atoms with van der Waals surface area (Å²) in [5.41, 5.74) is 4.16. The molecule has 0 amide bonds. The number of fused-ring (bicyclic) bond motifs is 2. The van der Waals surface area contributed by atoms with Gasteiger partial charge in [0.15, 0.2) is 0 Å². The largest absolute Gasteiger partial charge is 0.493 e. The Morgan fingerprint density at radius 3 is 2.42 bits per heavy atom. The maximum absolute atomic E-state index is 11.1. The lowest BCUT2D eigenvalue weighted by Gasteiger charge is -2.29. The highest BCUT2D eigenvalue weighted by Crippen LogP contribution is 2.43. The van der Waals surface area contributed by atoms with Gasteiger partial charge in [0.05, 0.1) is 19.6 Å². The molecule has 4 nitrogen and oxygen atoms in total. The Balaban J connectivity index is 2.21. The van der Waals surface area contributed by atoms with Gasteiger partial charge in [-0.3, -0.25) is 4.79 Å². The smallest absolute Gasteiger partial charge is 0.307 e. The van der Waals surface area contributed by atoms with Crippen LogP contribution in [-0.2, 0) is 24.1 Å². The second kappa shape index (κ2) is 4.76. The van der Waals surface area contributed by atoms with Gasteiger partial charge in [-0.15, -0.1) is 0 Å². The monoisotopic (exact) mass is 262 g/mol. The maximum Gasteiger partial charge on any atom is 0.307 e. The van der Waals surface area contributed by atoms with E-state index in [2.05, 4.69) is 6.92 Å². The van der Waals surface area contributed by atoms with Crippen LogP contribution in [0.15, 0.2) is 0 Å². The molecule has 19 heavy (non-hydrogen) atoms. The minimum atomic E-state index is -0.812. The van der Waals surface area contributed by atoms with Gasteiger partial charge in [0.1, 0.15) is 11.5 Å². The summed E-state index contributed by atoms with van der Waals surface area (Å²) in [4.78, 5) is 11.1. The minimum absolute atomic E-state index is 0.0221. The molecule has 0 aliphatic carbocycles. The molecule has 1 aromatic carbocycles. The van der Waals surface area contributed by atoms with E-state index in [9.17, 15) is 4.79 Å². The van der Waals surface area contributed by atoms with Crippen molar-refractivity contribution < 1.29 is 19.4 Å². The third-order valence-corrected chi connectivity index (χ3v) is 3.94. The van der Waals surface area contributed by atoms with Crippen LogP contribution in [-0.4, -0.2) is 24.3 Å². The molecule has 1 aromatic rings. The molecular formula is C15H18O4. The van der Waals surface area contributed by atoms with E-state index < -0.39 is 5.97 Å². The van der Waals surface area contributed by atoms with Gasteiger partial charge in [0.2, 0.25) is 0 Å². The van der Waals surface area contributed by atoms with E-state index >= 15 is 0 Å². The first-order chi connectivity index (χ1) is 9.18. The summed E-state index contributed by atoms with van der Waals surface area (Å²) in [5, 5.41) is 9.14. The number of hydrogen-bond donors (Lipinski definition) is 1. The summed E-state index contributed by atoms with van der Waals surface area (Å²) < 4.78 is 11.6. The van der Waals surface area contributed by atoms with Crippen LogP contribution in [0.3, 0.4) is 0 Å². The standard InChI is InChI=1S/C15H18O4/c1-9-10-4-2-7-19-15(10)12(8-13(16)17)11-5-3-6-18-14(9)11/h2-8H2,1H3,(H,16,17). The fourth-order valence-electron chi connectivity index (χ4n) is 3.11. The number of carboxylic acid groups (broad SMARTS) is 1. The molecule has 0 bridgehead atoms. The highest BCUT2D eigenvalue weighted by Gasteiger charge is 2.28. The molecule has 102 valence electrons. The normalized spacial score (nSPS) is 16.9. The summed E-state index contributed by atoms with van der Waals surface area (Å²) >= 11 is 0. The predicted molar refractivity (Wildman–Crippen MR) is 70.2 cm³/mol. The van der Waals surface area contributed by atoms with Gasteiger partial charge in [0, 0.05) is 16.7 Å². The van der Waals surface area contributed by atoms with Crippen molar-refractivity contribution in [2.45, 2.75) is 39.0 Å². The fraction of sp³-hybridized carbons (Fsp3) is 0.533. The van der Waals surface area contributed by atoms with E-state index in [-0.39, 0.29) is 6.42 Å². The van der Waals surface area contributed by atoms with Gasteiger partial charge < -0.3 is 14.6 Å². The van der Waals surface area contributed by atoms with Gasteiger partial charge in [0.25, 0.3) is 0 Å². The summed E-state index contributed by atoms with van der Waals surface area (Å²) in [6, 6.07) is 0. The molecular weight excluding hydrogens is 244 g/mol. The second-order valence-electron chi connectivity index (χ2n) is 5.19. The van der Waals surface area contributed by atoms with Crippen LogP contribution < -0.4 is 9.47 Å². The molecule has 0 radical (unpaired) electrons. The Morgan fingerprint density at radius 2 is 1.74 bits per heavy atom. The van der Waals surface area contributed by atoms with Gasteiger partial charge in [-0.05, 0) is 38.2 Å². The van der Waals surface area contributed by atoms with Crippen molar-refractivity contribution in [3.8, 4) is 11.5 Å². The molecule has 0 fully saturated rings. The lowest BCUT2D eigenvalue weighted by atomic mass is 9.88. The highest BCUT2D eigenvalue weighted by molar-refractivity contribution is 5.74. The number of benzene rings is 1. The number of hydrogen-bond acceptors (Lipinski definition) is 3. The van der Waals surface area contributed by atoms with Crippen LogP contribution in [0.4, 0.5) is 0 Å². The number of carbonyl (C=O) groups is 1. The number of carboxylic acids is 1. The molecule has 2 aliphatic rings. The number of aliphatic carboxylic acids is 1. The summed E-state index contributed by atoms with van der Waals surface area (Å²) in [6.45, 7) is 3.46. The summed E-state index contributed by atoms with van der Waals surface area (Å²) in [6.07, 6.45) is 3.78. The molecule has 0 atom stereocenters. The topological polar surface area (TPSA) is 55.8 Å². The maximum atomic E-state index is 11.1. The molecule has 0 aromatic heterocycles. The Kier molecular flexibility index (Phi) is 3.09. The number of rotatable bonds is 2. The molecule has 3 rings (SSSR count). The van der Waals surface area contributed by atoms with Crippen molar-refractivity contribution in [2.75, 3.05) is 13.2 Å². The first kappa shape index (κ1) is 12.3. The Bertz CT molecular complexity index is 496. The average molecular weight is 262 g/mol. The van der Waals surface area contributed by atoms with Crippen molar-refractivity contribution in [2.24, 2.45) is 0 Å². The first-order valence-electron chi connectivity index (χ1n) is 6.83. The molecule has 2 aliphatic heterocycles. The number of ether oxygens (including phenoxy) is 2. The average Bonchev–Trinajstić information content (AvgIpc) is 2.43. The highest BCUT2D eigenvalue weighted by atomic mass is 16.5. The van der Waals surface area contributed by atoms with E-state index in [1.54, 1.807) is 0 Å². The Labute approximate surface area is 112 Å². The van der Waals surface area contributed by atoms with E-state index in [0.717, 1.165) is 66.0 Å². The van der Waals surface area contributed by atoms with E-state index in [0.29, 0.717) is 6.61 Å². The first-order valence-corrected chi connectivity index (χ1v) is 6.83. The minimum Gasteiger partial charge on any atom is -0.493 e. The fourth-order valence-corrected chi connectivity index (χ4v) is 3.11. The zero-order valence-corrected chi connectivity index (χ0v) is 11.1. The third kappa shape index (κ3) is 2.05. The van der Waals surface area contributed by atoms with Gasteiger partial charge in [-0.1, -0.05) is 0 Å². The summed E-state index contributed by atoms with van der Waals surface area (Å²) in [7, 11) is 0. The van der Waals surface area contributed by atoms with Crippen molar-refractivity contribution in [3.63, 3.8) is 0 Å². The van der Waals surface area contributed by atoms with Gasteiger partial charge in [-0.25, -0.2) is 0 Å². The van der Waals surface area contributed by atoms with E-state index in [1.165, 1.54) is 0 Å². The van der Waals surface area contributed by atoms with Crippen LogP contribution >= 0.6 is 0 Å². The van der Waals surface area contributed by atoms with Gasteiger partial charge in [-0.2, -0.15) is 0 Å². The zero-order valence-electron chi connectivity index (χ0n) is 11.1. The van der Waals surface area contributed by atoms with Crippen molar-refractivity contribution in [3.05, 3.63) is 22.3 Å². The third-order valence-electron chi connectivity index (χ3n) is 3.94. The summed E-state index contributed by atoms with van der Waals surface area (Å²) in [5.74, 6) is 0.912. The van der Waals surface area contributed by atoms with E-state index in [1.807, 2.05) is 0 Å². The molecule has 0 saturated carbocycles. The van der Waals surface area contributed by atoms with Crippen LogP contribution in [0.25, 0.3) is 0 Å². The molecule has 0 saturated heterocycles. The Hall–Kier alpha value is -1.71. The van der Waals surface area contributed by atoms with Crippen molar-refractivity contribution >= 4 is 5.97 Å². The second-order valence-corrected chi connectivity index (χ2v) is 5.19. The molecule has 0 unspecified atom stereocenters. The molecule has 4 heteroatoms. The molecule has 0 spiro atoms. The van der Waals surface area contributed by atoms with Crippen LogP contribution in [0.1, 0.15) is 35.1 Å². The van der Waals surface area contributed by atoms with Gasteiger partial charge >= 0.3 is 5.97 Å². The predicted octanol–water partition coefficient (Wildman–Crippen LogP) is 2.27. The van der Waals surface area contributed by atoms with Crippen LogP contribution in [0.5, 0.6) is 11.5 Å². The molecule has 1 N–H and O–H groups in total.